The summed E-state index contributed by atoms with van der Waals surface area (Å²) in [5, 5.41) is 2.84. The third-order valence-electron chi connectivity index (χ3n) is 2.93. The molecule has 0 aliphatic rings. The first kappa shape index (κ1) is 16.7. The van der Waals surface area contributed by atoms with Crippen LogP contribution >= 0.6 is 0 Å². The van der Waals surface area contributed by atoms with Crippen molar-refractivity contribution in [2.24, 2.45) is 11.7 Å². The third kappa shape index (κ3) is 6.17. The molecule has 0 aromatic heterocycles. The summed E-state index contributed by atoms with van der Waals surface area (Å²) in [6.07, 6.45) is 0.805. The van der Waals surface area contributed by atoms with Crippen LogP contribution in [0.5, 0.6) is 0 Å². The summed E-state index contributed by atoms with van der Waals surface area (Å²) in [4.78, 5) is 11.9. The predicted molar refractivity (Wildman–Crippen MR) is 81.4 cm³/mol. The van der Waals surface area contributed by atoms with Crippen LogP contribution in [0.15, 0.2) is 24.3 Å². The van der Waals surface area contributed by atoms with Gasteiger partial charge in [0.25, 0.3) is 0 Å². The van der Waals surface area contributed by atoms with E-state index in [2.05, 4.69) is 19.2 Å². The highest BCUT2D eigenvalue weighted by atomic mass is 16.5. The van der Waals surface area contributed by atoms with Crippen LogP contribution in [0.2, 0.25) is 0 Å². The van der Waals surface area contributed by atoms with Crippen molar-refractivity contribution in [1.29, 1.82) is 0 Å². The molecule has 0 spiro atoms. The average Bonchev–Trinajstić information content (AvgIpc) is 2.42. The van der Waals surface area contributed by atoms with Crippen LogP contribution < -0.4 is 11.1 Å². The SMILES string of the molecule is Cc1ccc(C(N)C(=O)NCCCOCC(C)C)cc1. The highest BCUT2D eigenvalue weighted by Crippen LogP contribution is 2.11. The van der Waals surface area contributed by atoms with Gasteiger partial charge in [0.1, 0.15) is 6.04 Å². The Hall–Kier alpha value is -1.39. The van der Waals surface area contributed by atoms with E-state index in [9.17, 15) is 4.79 Å². The minimum Gasteiger partial charge on any atom is -0.381 e. The molecule has 1 unspecified atom stereocenters. The number of carbonyl (C=O) groups is 1. The highest BCUT2D eigenvalue weighted by Gasteiger charge is 2.14. The second-order valence-corrected chi connectivity index (χ2v) is 5.50. The number of aryl methyl sites for hydroxylation is 1. The van der Waals surface area contributed by atoms with Gasteiger partial charge in [0.2, 0.25) is 5.91 Å². The van der Waals surface area contributed by atoms with Crippen LogP contribution in [0.1, 0.15) is 37.4 Å². The van der Waals surface area contributed by atoms with E-state index in [4.69, 9.17) is 10.5 Å². The van der Waals surface area contributed by atoms with Crippen molar-refractivity contribution in [3.05, 3.63) is 35.4 Å². The van der Waals surface area contributed by atoms with Gasteiger partial charge in [0.05, 0.1) is 0 Å². The van der Waals surface area contributed by atoms with Gasteiger partial charge >= 0.3 is 0 Å². The Morgan fingerprint density at radius 1 is 1.30 bits per heavy atom. The lowest BCUT2D eigenvalue weighted by Gasteiger charge is -2.13. The summed E-state index contributed by atoms with van der Waals surface area (Å²) in [5.41, 5.74) is 7.92. The maximum absolute atomic E-state index is 11.9. The molecule has 0 bridgehead atoms. The predicted octanol–water partition coefficient (Wildman–Crippen LogP) is 2.17. The molecule has 0 saturated carbocycles. The lowest BCUT2D eigenvalue weighted by atomic mass is 10.1. The molecule has 1 amide bonds. The van der Waals surface area contributed by atoms with Gasteiger partial charge in [-0.25, -0.2) is 0 Å². The third-order valence-corrected chi connectivity index (χ3v) is 2.93. The minimum absolute atomic E-state index is 0.141. The van der Waals surface area contributed by atoms with Gasteiger partial charge in [-0.1, -0.05) is 43.7 Å². The van der Waals surface area contributed by atoms with E-state index < -0.39 is 6.04 Å². The first-order valence-electron chi connectivity index (χ1n) is 7.18. The number of hydrogen-bond donors (Lipinski definition) is 2. The zero-order valence-electron chi connectivity index (χ0n) is 12.7. The van der Waals surface area contributed by atoms with E-state index in [1.54, 1.807) is 0 Å². The Morgan fingerprint density at radius 3 is 2.55 bits per heavy atom. The van der Waals surface area contributed by atoms with E-state index in [1.807, 2.05) is 31.2 Å². The van der Waals surface area contributed by atoms with Gasteiger partial charge < -0.3 is 15.8 Å². The van der Waals surface area contributed by atoms with E-state index in [1.165, 1.54) is 0 Å². The quantitative estimate of drug-likeness (QED) is 0.716. The Balaban J connectivity index is 2.23. The average molecular weight is 278 g/mol. The lowest BCUT2D eigenvalue weighted by Crippen LogP contribution is -2.35. The van der Waals surface area contributed by atoms with Crippen molar-refractivity contribution in [3.63, 3.8) is 0 Å². The number of ether oxygens (including phenoxy) is 1. The molecule has 3 N–H and O–H groups in total. The molecule has 1 aromatic rings. The number of rotatable bonds is 8. The Kier molecular flexibility index (Phi) is 7.26. The fourth-order valence-electron chi connectivity index (χ4n) is 1.74. The van der Waals surface area contributed by atoms with Crippen molar-refractivity contribution in [2.45, 2.75) is 33.2 Å². The second kappa shape index (κ2) is 8.72. The molecule has 4 nitrogen and oxygen atoms in total. The van der Waals surface area contributed by atoms with Gasteiger partial charge in [-0.15, -0.1) is 0 Å². The molecule has 0 saturated heterocycles. The molecule has 0 fully saturated rings. The van der Waals surface area contributed by atoms with Crippen LogP contribution in [-0.2, 0) is 9.53 Å². The molecular formula is C16H26N2O2. The summed E-state index contributed by atoms with van der Waals surface area (Å²) >= 11 is 0. The van der Waals surface area contributed by atoms with E-state index in [0.29, 0.717) is 19.1 Å². The second-order valence-electron chi connectivity index (χ2n) is 5.50. The van der Waals surface area contributed by atoms with E-state index >= 15 is 0 Å². The van der Waals surface area contributed by atoms with Gasteiger partial charge in [-0.3, -0.25) is 4.79 Å². The zero-order valence-corrected chi connectivity index (χ0v) is 12.7. The number of benzene rings is 1. The molecule has 0 heterocycles. The summed E-state index contributed by atoms with van der Waals surface area (Å²) in [7, 11) is 0. The lowest BCUT2D eigenvalue weighted by molar-refractivity contribution is -0.122. The fourth-order valence-corrected chi connectivity index (χ4v) is 1.74. The topological polar surface area (TPSA) is 64.4 Å². The Bertz CT molecular complexity index is 401. The number of carbonyl (C=O) groups excluding carboxylic acids is 1. The summed E-state index contributed by atoms with van der Waals surface area (Å²) < 4.78 is 5.45. The summed E-state index contributed by atoms with van der Waals surface area (Å²) in [5.74, 6) is 0.400. The molecule has 1 aromatic carbocycles. The van der Waals surface area contributed by atoms with Crippen molar-refractivity contribution < 1.29 is 9.53 Å². The van der Waals surface area contributed by atoms with Crippen molar-refractivity contribution >= 4 is 5.91 Å². The number of hydrogen-bond acceptors (Lipinski definition) is 3. The molecule has 1 atom stereocenters. The molecular weight excluding hydrogens is 252 g/mol. The summed E-state index contributed by atoms with van der Waals surface area (Å²) in [6, 6.07) is 7.10. The Labute approximate surface area is 121 Å². The fraction of sp³-hybridized carbons (Fsp3) is 0.562. The Morgan fingerprint density at radius 2 is 1.95 bits per heavy atom. The molecule has 0 radical (unpaired) electrons. The van der Waals surface area contributed by atoms with Crippen LogP contribution in [0.4, 0.5) is 0 Å². The maximum Gasteiger partial charge on any atom is 0.241 e. The molecule has 112 valence electrons. The summed E-state index contributed by atoms with van der Waals surface area (Å²) in [6.45, 7) is 8.25. The minimum atomic E-state index is -0.604. The standard InChI is InChI=1S/C16H26N2O2/c1-12(2)11-20-10-4-9-18-16(19)15(17)14-7-5-13(3)6-8-14/h5-8,12,15H,4,9-11,17H2,1-3H3,(H,18,19). The van der Waals surface area contributed by atoms with Crippen molar-refractivity contribution in [1.82, 2.24) is 5.32 Å². The van der Waals surface area contributed by atoms with Gasteiger partial charge in [0.15, 0.2) is 0 Å². The maximum atomic E-state index is 11.9. The van der Waals surface area contributed by atoms with Gasteiger partial charge in [0, 0.05) is 19.8 Å². The van der Waals surface area contributed by atoms with Crippen molar-refractivity contribution in [2.75, 3.05) is 19.8 Å². The largest absolute Gasteiger partial charge is 0.381 e. The zero-order chi connectivity index (χ0) is 15.0. The molecule has 1 rings (SSSR count). The number of nitrogens with two attached hydrogens (primary N) is 1. The van der Waals surface area contributed by atoms with E-state index in [0.717, 1.165) is 24.2 Å². The first-order chi connectivity index (χ1) is 9.50. The van der Waals surface area contributed by atoms with Crippen LogP contribution in [0.25, 0.3) is 0 Å². The first-order valence-corrected chi connectivity index (χ1v) is 7.18. The van der Waals surface area contributed by atoms with E-state index in [-0.39, 0.29) is 5.91 Å². The highest BCUT2D eigenvalue weighted by molar-refractivity contribution is 5.82. The molecule has 0 aliphatic carbocycles. The van der Waals surface area contributed by atoms with Crippen molar-refractivity contribution in [3.8, 4) is 0 Å². The van der Waals surface area contributed by atoms with Crippen LogP contribution in [0, 0.1) is 12.8 Å². The van der Waals surface area contributed by atoms with Gasteiger partial charge in [-0.2, -0.15) is 0 Å². The smallest absolute Gasteiger partial charge is 0.241 e. The molecule has 4 heteroatoms. The normalized spacial score (nSPS) is 12.4. The molecule has 0 aliphatic heterocycles. The monoisotopic (exact) mass is 278 g/mol. The number of amides is 1. The van der Waals surface area contributed by atoms with Gasteiger partial charge in [-0.05, 0) is 24.8 Å². The molecule has 20 heavy (non-hydrogen) atoms. The van der Waals surface area contributed by atoms with Crippen LogP contribution in [-0.4, -0.2) is 25.7 Å². The number of nitrogens with one attached hydrogen (secondary N) is 1. The van der Waals surface area contributed by atoms with Crippen LogP contribution in [0.3, 0.4) is 0 Å².